The molecule has 0 bridgehead atoms. The third-order valence-electron chi connectivity index (χ3n) is 4.91. The number of nitrogens with two attached hydrogens (primary N) is 1. The minimum absolute atomic E-state index is 0.422. The molecule has 110 valence electrons. The van der Waals surface area contributed by atoms with Crippen LogP contribution in [-0.2, 0) is 0 Å². The third kappa shape index (κ3) is 4.68. The van der Waals surface area contributed by atoms with Gasteiger partial charge in [-0.1, -0.05) is 44.9 Å². The number of carbonyl (C=O) groups is 1. The Morgan fingerprint density at radius 2 is 1.63 bits per heavy atom. The van der Waals surface area contributed by atoms with E-state index in [0.29, 0.717) is 12.6 Å². The van der Waals surface area contributed by atoms with Crippen molar-refractivity contribution in [2.24, 2.45) is 17.6 Å². The van der Waals surface area contributed by atoms with Gasteiger partial charge in [0.15, 0.2) is 0 Å². The Morgan fingerprint density at radius 1 is 0.947 bits per heavy atom. The van der Waals surface area contributed by atoms with Crippen molar-refractivity contribution in [2.75, 3.05) is 13.1 Å². The number of carbonyl (C=O) groups excluding carboxylic acids is 1. The predicted octanol–water partition coefficient (Wildman–Crippen LogP) is 2.38. The zero-order chi connectivity index (χ0) is 13.5. The fourth-order valence-electron chi connectivity index (χ4n) is 3.98. The molecule has 2 atom stereocenters. The molecule has 19 heavy (non-hydrogen) atoms. The Morgan fingerprint density at radius 3 is 2.37 bits per heavy atom. The molecule has 2 amide bonds. The summed E-state index contributed by atoms with van der Waals surface area (Å²) in [5, 5.41) is 6.31. The van der Waals surface area contributed by atoms with E-state index in [0.717, 1.165) is 18.4 Å². The van der Waals surface area contributed by atoms with Crippen LogP contribution in [0.25, 0.3) is 0 Å². The number of hydrogen-bond donors (Lipinski definition) is 3. The number of rotatable bonds is 5. The summed E-state index contributed by atoms with van der Waals surface area (Å²) in [5.74, 6) is 1.80. The molecule has 0 radical (unpaired) electrons. The monoisotopic (exact) mass is 267 g/mol. The van der Waals surface area contributed by atoms with E-state index in [2.05, 4.69) is 10.6 Å². The number of primary amides is 1. The minimum atomic E-state index is -0.422. The van der Waals surface area contributed by atoms with Crippen LogP contribution in [0.3, 0.4) is 0 Å². The molecule has 2 aliphatic carbocycles. The van der Waals surface area contributed by atoms with E-state index in [1.807, 2.05) is 0 Å². The summed E-state index contributed by atoms with van der Waals surface area (Å²) >= 11 is 0. The van der Waals surface area contributed by atoms with Crippen LogP contribution in [-0.4, -0.2) is 25.2 Å². The highest BCUT2D eigenvalue weighted by Gasteiger charge is 2.31. The van der Waals surface area contributed by atoms with Gasteiger partial charge in [-0.05, 0) is 24.7 Å². The van der Waals surface area contributed by atoms with Crippen LogP contribution in [0.15, 0.2) is 0 Å². The summed E-state index contributed by atoms with van der Waals surface area (Å²) in [6.07, 6.45) is 12.6. The van der Waals surface area contributed by atoms with Crippen molar-refractivity contribution in [1.82, 2.24) is 10.6 Å². The van der Waals surface area contributed by atoms with E-state index in [9.17, 15) is 4.79 Å². The topological polar surface area (TPSA) is 67.2 Å². The Balaban J connectivity index is 1.76. The fraction of sp³-hybridized carbons (Fsp3) is 0.933. The summed E-state index contributed by atoms with van der Waals surface area (Å²) in [6, 6.07) is 0.237. The molecule has 2 unspecified atom stereocenters. The summed E-state index contributed by atoms with van der Waals surface area (Å²) < 4.78 is 0. The average molecular weight is 267 g/mol. The smallest absolute Gasteiger partial charge is 0.312 e. The molecular formula is C15H29N3O. The van der Waals surface area contributed by atoms with E-state index in [1.165, 1.54) is 57.8 Å². The lowest BCUT2D eigenvalue weighted by Crippen LogP contribution is -2.45. The molecule has 0 heterocycles. The normalized spacial score (nSPS) is 29.1. The van der Waals surface area contributed by atoms with Crippen LogP contribution < -0.4 is 16.4 Å². The molecule has 2 aliphatic rings. The van der Waals surface area contributed by atoms with Gasteiger partial charge < -0.3 is 16.4 Å². The summed E-state index contributed by atoms with van der Waals surface area (Å²) in [6.45, 7) is 1.49. The van der Waals surface area contributed by atoms with Gasteiger partial charge in [0.05, 0.1) is 0 Å². The molecule has 4 N–H and O–H groups in total. The van der Waals surface area contributed by atoms with E-state index in [1.54, 1.807) is 0 Å². The molecule has 0 saturated heterocycles. The van der Waals surface area contributed by atoms with Gasteiger partial charge in [-0.2, -0.15) is 0 Å². The van der Waals surface area contributed by atoms with E-state index < -0.39 is 6.03 Å². The van der Waals surface area contributed by atoms with E-state index in [-0.39, 0.29) is 0 Å². The maximum atomic E-state index is 10.6. The van der Waals surface area contributed by atoms with Gasteiger partial charge in [0.2, 0.25) is 0 Å². The van der Waals surface area contributed by atoms with Crippen molar-refractivity contribution >= 4 is 6.03 Å². The van der Waals surface area contributed by atoms with Gasteiger partial charge in [0, 0.05) is 19.1 Å². The van der Waals surface area contributed by atoms with E-state index >= 15 is 0 Å². The minimum Gasteiger partial charge on any atom is -0.352 e. The zero-order valence-corrected chi connectivity index (χ0v) is 12.0. The molecular weight excluding hydrogens is 238 g/mol. The molecule has 2 saturated carbocycles. The first kappa shape index (κ1) is 14.6. The van der Waals surface area contributed by atoms with Crippen LogP contribution >= 0.6 is 0 Å². The maximum absolute atomic E-state index is 10.6. The lowest BCUT2D eigenvalue weighted by atomic mass is 9.71. The highest BCUT2D eigenvalue weighted by molar-refractivity contribution is 5.71. The SMILES string of the molecule is NC(=O)NCCNC1CCCCC1C1CCCCC1. The third-order valence-corrected chi connectivity index (χ3v) is 4.91. The Kier molecular flexibility index (Phi) is 5.95. The lowest BCUT2D eigenvalue weighted by Gasteiger charge is -2.39. The highest BCUT2D eigenvalue weighted by atomic mass is 16.2. The molecule has 0 aromatic rings. The number of amides is 2. The number of urea groups is 1. The second-order valence-electron chi connectivity index (χ2n) is 6.20. The van der Waals surface area contributed by atoms with Crippen LogP contribution in [0, 0.1) is 11.8 Å². The van der Waals surface area contributed by atoms with Crippen LogP contribution in [0.4, 0.5) is 4.79 Å². The summed E-state index contributed by atoms with van der Waals surface area (Å²) in [4.78, 5) is 10.6. The van der Waals surface area contributed by atoms with Gasteiger partial charge in [-0.25, -0.2) is 4.79 Å². The van der Waals surface area contributed by atoms with Crippen molar-refractivity contribution in [2.45, 2.75) is 63.8 Å². The van der Waals surface area contributed by atoms with Gasteiger partial charge in [-0.3, -0.25) is 0 Å². The van der Waals surface area contributed by atoms with Crippen molar-refractivity contribution in [3.05, 3.63) is 0 Å². The molecule has 0 aliphatic heterocycles. The fourth-order valence-corrected chi connectivity index (χ4v) is 3.98. The van der Waals surface area contributed by atoms with Crippen LogP contribution in [0.5, 0.6) is 0 Å². The second-order valence-corrected chi connectivity index (χ2v) is 6.20. The maximum Gasteiger partial charge on any atom is 0.312 e. The highest BCUT2D eigenvalue weighted by Crippen LogP contribution is 2.38. The van der Waals surface area contributed by atoms with E-state index in [4.69, 9.17) is 5.73 Å². The predicted molar refractivity (Wildman–Crippen MR) is 77.9 cm³/mol. The molecule has 2 fully saturated rings. The van der Waals surface area contributed by atoms with Crippen molar-refractivity contribution in [3.8, 4) is 0 Å². The van der Waals surface area contributed by atoms with Gasteiger partial charge in [0.1, 0.15) is 0 Å². The first-order valence-electron chi connectivity index (χ1n) is 8.04. The standard InChI is InChI=1S/C15H29N3O/c16-15(19)18-11-10-17-14-9-5-4-8-13(14)12-6-2-1-3-7-12/h12-14,17H,1-11H2,(H3,16,18,19). The van der Waals surface area contributed by atoms with Gasteiger partial charge >= 0.3 is 6.03 Å². The van der Waals surface area contributed by atoms with Crippen LogP contribution in [0.2, 0.25) is 0 Å². The summed E-state index contributed by atoms with van der Waals surface area (Å²) in [7, 11) is 0. The zero-order valence-electron chi connectivity index (χ0n) is 12.0. The molecule has 0 aromatic heterocycles. The first-order valence-corrected chi connectivity index (χ1v) is 8.04. The van der Waals surface area contributed by atoms with Gasteiger partial charge in [-0.15, -0.1) is 0 Å². The van der Waals surface area contributed by atoms with Gasteiger partial charge in [0.25, 0.3) is 0 Å². The molecule has 2 rings (SSSR count). The Labute approximate surface area is 116 Å². The van der Waals surface area contributed by atoms with Crippen LogP contribution in [0.1, 0.15) is 57.8 Å². The van der Waals surface area contributed by atoms with Crippen molar-refractivity contribution in [3.63, 3.8) is 0 Å². The number of nitrogens with one attached hydrogen (secondary N) is 2. The summed E-state index contributed by atoms with van der Waals surface area (Å²) in [5.41, 5.74) is 5.08. The number of hydrogen-bond acceptors (Lipinski definition) is 2. The second kappa shape index (κ2) is 7.73. The van der Waals surface area contributed by atoms with Crippen molar-refractivity contribution in [1.29, 1.82) is 0 Å². The average Bonchev–Trinajstić information content (AvgIpc) is 2.45. The first-order chi connectivity index (χ1) is 9.27. The molecule has 0 aromatic carbocycles. The molecule has 0 spiro atoms. The van der Waals surface area contributed by atoms with Crippen molar-refractivity contribution < 1.29 is 4.79 Å². The quantitative estimate of drug-likeness (QED) is 0.670. The lowest BCUT2D eigenvalue weighted by molar-refractivity contribution is 0.150. The largest absolute Gasteiger partial charge is 0.352 e. The molecule has 4 heteroatoms. The molecule has 4 nitrogen and oxygen atoms in total. The Bertz CT molecular complexity index is 277. The Hall–Kier alpha value is -0.770.